The summed E-state index contributed by atoms with van der Waals surface area (Å²) in [5.41, 5.74) is 2.44. The number of hydrogen-bond donors (Lipinski definition) is 0. The van der Waals surface area contributed by atoms with Gasteiger partial charge in [-0.05, 0) is 60.2 Å². The molecule has 2 aromatic carbocycles. The Hall–Kier alpha value is -2.30. The molecular formula is C22H22ClNO2S. The first-order valence-electron chi connectivity index (χ1n) is 8.85. The molecular weight excluding hydrogens is 378 g/mol. The zero-order valence-electron chi connectivity index (χ0n) is 15.2. The lowest BCUT2D eigenvalue weighted by atomic mass is 10.1. The van der Waals surface area contributed by atoms with Gasteiger partial charge in [-0.2, -0.15) is 0 Å². The summed E-state index contributed by atoms with van der Waals surface area (Å²) in [5.74, 6) is 0.622. The lowest BCUT2D eigenvalue weighted by Gasteiger charge is -2.23. The quantitative estimate of drug-likeness (QED) is 0.510. The maximum Gasteiger partial charge on any atom is 0.260 e. The van der Waals surface area contributed by atoms with Crippen LogP contribution in [0, 0.1) is 6.92 Å². The molecule has 0 bridgehead atoms. The maximum absolute atomic E-state index is 12.8. The molecule has 3 rings (SSSR count). The van der Waals surface area contributed by atoms with E-state index in [2.05, 4.69) is 30.5 Å². The molecule has 1 heterocycles. The highest BCUT2D eigenvalue weighted by molar-refractivity contribution is 7.10. The highest BCUT2D eigenvalue weighted by Crippen LogP contribution is 2.19. The minimum Gasteiger partial charge on any atom is -0.484 e. The van der Waals surface area contributed by atoms with Gasteiger partial charge in [-0.3, -0.25) is 4.79 Å². The Morgan fingerprint density at radius 1 is 1.07 bits per heavy atom. The molecule has 0 saturated heterocycles. The molecule has 0 unspecified atom stereocenters. The van der Waals surface area contributed by atoms with Crippen molar-refractivity contribution in [2.75, 3.05) is 13.2 Å². The molecule has 3 aromatic rings. The second-order valence-corrected chi connectivity index (χ2v) is 7.76. The van der Waals surface area contributed by atoms with E-state index in [1.807, 2.05) is 23.1 Å². The largest absolute Gasteiger partial charge is 0.484 e. The number of rotatable bonds is 8. The Bertz CT molecular complexity index is 862. The monoisotopic (exact) mass is 399 g/mol. The molecule has 140 valence electrons. The topological polar surface area (TPSA) is 29.5 Å². The van der Waals surface area contributed by atoms with Crippen LogP contribution >= 0.6 is 22.9 Å². The van der Waals surface area contributed by atoms with Crippen LogP contribution in [-0.4, -0.2) is 24.0 Å². The molecule has 1 aromatic heterocycles. The van der Waals surface area contributed by atoms with Gasteiger partial charge in [0.1, 0.15) is 5.75 Å². The van der Waals surface area contributed by atoms with E-state index in [1.54, 1.807) is 35.6 Å². The predicted octanol–water partition coefficient (Wildman–Crippen LogP) is 5.36. The summed E-state index contributed by atoms with van der Waals surface area (Å²) in [4.78, 5) is 15.9. The molecule has 1 amide bonds. The standard InChI is InChI=1S/C22H22ClNO2S/c1-17-12-14-27-21(17)15-24(13-11-18-5-3-2-4-6-18)22(25)16-26-20-9-7-19(23)8-10-20/h2-10,12,14H,11,13,15-16H2,1H3. The first-order chi connectivity index (χ1) is 13.1. The van der Waals surface area contributed by atoms with Crippen molar-refractivity contribution in [1.82, 2.24) is 4.90 Å². The van der Waals surface area contributed by atoms with Crippen molar-refractivity contribution in [2.45, 2.75) is 19.9 Å². The van der Waals surface area contributed by atoms with Crippen LogP contribution in [0.2, 0.25) is 5.02 Å². The summed E-state index contributed by atoms with van der Waals surface area (Å²) in [6.45, 7) is 3.36. The van der Waals surface area contributed by atoms with Crippen molar-refractivity contribution in [2.24, 2.45) is 0 Å². The van der Waals surface area contributed by atoms with E-state index in [0.29, 0.717) is 23.9 Å². The Balaban J connectivity index is 1.64. The summed E-state index contributed by atoms with van der Waals surface area (Å²) >= 11 is 7.57. The van der Waals surface area contributed by atoms with Gasteiger partial charge < -0.3 is 9.64 Å². The molecule has 0 N–H and O–H groups in total. The average molecular weight is 400 g/mol. The lowest BCUT2D eigenvalue weighted by Crippen LogP contribution is -2.36. The SMILES string of the molecule is Cc1ccsc1CN(CCc1ccccc1)C(=O)COc1ccc(Cl)cc1. The van der Waals surface area contributed by atoms with Gasteiger partial charge in [-0.25, -0.2) is 0 Å². The molecule has 0 saturated carbocycles. The summed E-state index contributed by atoms with van der Waals surface area (Å²) in [6.07, 6.45) is 0.817. The van der Waals surface area contributed by atoms with Gasteiger partial charge in [-0.1, -0.05) is 41.9 Å². The minimum atomic E-state index is -0.0197. The molecule has 0 fully saturated rings. The van der Waals surface area contributed by atoms with E-state index < -0.39 is 0 Å². The van der Waals surface area contributed by atoms with Gasteiger partial charge in [0.15, 0.2) is 6.61 Å². The van der Waals surface area contributed by atoms with Gasteiger partial charge in [0.2, 0.25) is 0 Å². The number of hydrogen-bond acceptors (Lipinski definition) is 3. The molecule has 0 atom stereocenters. The van der Waals surface area contributed by atoms with E-state index in [1.165, 1.54) is 16.0 Å². The number of carbonyl (C=O) groups is 1. The third-order valence-corrected chi connectivity index (χ3v) is 5.60. The lowest BCUT2D eigenvalue weighted by molar-refractivity contribution is -0.133. The highest BCUT2D eigenvalue weighted by Gasteiger charge is 2.16. The second-order valence-electron chi connectivity index (χ2n) is 6.32. The average Bonchev–Trinajstić information content (AvgIpc) is 3.09. The number of halogens is 1. The van der Waals surface area contributed by atoms with E-state index >= 15 is 0 Å². The van der Waals surface area contributed by atoms with Gasteiger partial charge in [-0.15, -0.1) is 11.3 Å². The summed E-state index contributed by atoms with van der Waals surface area (Å²) in [6, 6.07) is 19.4. The van der Waals surface area contributed by atoms with Crippen molar-refractivity contribution >= 4 is 28.8 Å². The van der Waals surface area contributed by atoms with Crippen LogP contribution in [0.1, 0.15) is 16.0 Å². The molecule has 5 heteroatoms. The first kappa shape index (κ1) is 19.5. The molecule has 27 heavy (non-hydrogen) atoms. The number of ether oxygens (including phenoxy) is 1. The van der Waals surface area contributed by atoms with Crippen molar-refractivity contribution < 1.29 is 9.53 Å². The number of carbonyl (C=O) groups excluding carboxylic acids is 1. The van der Waals surface area contributed by atoms with Crippen LogP contribution in [0.15, 0.2) is 66.0 Å². The van der Waals surface area contributed by atoms with Crippen LogP contribution in [0.5, 0.6) is 5.75 Å². The normalized spacial score (nSPS) is 10.6. The summed E-state index contributed by atoms with van der Waals surface area (Å²) < 4.78 is 5.66. The Kier molecular flexibility index (Phi) is 6.91. The third-order valence-electron chi connectivity index (χ3n) is 4.34. The number of thiophene rings is 1. The van der Waals surface area contributed by atoms with Gasteiger partial charge in [0, 0.05) is 16.4 Å². The van der Waals surface area contributed by atoms with Crippen molar-refractivity contribution in [3.05, 3.63) is 87.1 Å². The molecule has 0 aliphatic carbocycles. The van der Waals surface area contributed by atoms with Crippen LogP contribution in [0.25, 0.3) is 0 Å². The van der Waals surface area contributed by atoms with Gasteiger partial charge in [0.25, 0.3) is 5.91 Å². The second kappa shape index (κ2) is 9.58. The van der Waals surface area contributed by atoms with Crippen molar-refractivity contribution in [1.29, 1.82) is 0 Å². The summed E-state index contributed by atoms with van der Waals surface area (Å²) in [5, 5.41) is 2.71. The Morgan fingerprint density at radius 2 is 1.81 bits per heavy atom. The smallest absolute Gasteiger partial charge is 0.260 e. The van der Waals surface area contributed by atoms with E-state index in [-0.39, 0.29) is 12.5 Å². The van der Waals surface area contributed by atoms with Gasteiger partial charge in [0.05, 0.1) is 6.54 Å². The Labute approximate surface area is 169 Å². The highest BCUT2D eigenvalue weighted by atomic mass is 35.5. The first-order valence-corrected chi connectivity index (χ1v) is 10.1. The fourth-order valence-electron chi connectivity index (χ4n) is 2.71. The van der Waals surface area contributed by atoms with E-state index in [0.717, 1.165) is 6.42 Å². The summed E-state index contributed by atoms with van der Waals surface area (Å²) in [7, 11) is 0. The fourth-order valence-corrected chi connectivity index (χ4v) is 3.75. The van der Waals surface area contributed by atoms with Crippen LogP contribution < -0.4 is 4.74 Å². The van der Waals surface area contributed by atoms with Crippen LogP contribution in [0.3, 0.4) is 0 Å². The van der Waals surface area contributed by atoms with E-state index in [9.17, 15) is 4.79 Å². The molecule has 0 aliphatic rings. The van der Waals surface area contributed by atoms with Crippen molar-refractivity contribution in [3.63, 3.8) is 0 Å². The number of benzene rings is 2. The molecule has 0 radical (unpaired) electrons. The third kappa shape index (κ3) is 5.84. The van der Waals surface area contributed by atoms with Gasteiger partial charge >= 0.3 is 0 Å². The zero-order valence-corrected chi connectivity index (χ0v) is 16.8. The van der Waals surface area contributed by atoms with Crippen LogP contribution in [-0.2, 0) is 17.8 Å². The number of amides is 1. The van der Waals surface area contributed by atoms with Crippen LogP contribution in [0.4, 0.5) is 0 Å². The zero-order chi connectivity index (χ0) is 19.1. The Morgan fingerprint density at radius 3 is 2.48 bits per heavy atom. The number of nitrogens with zero attached hydrogens (tertiary/aromatic N) is 1. The van der Waals surface area contributed by atoms with Crippen molar-refractivity contribution in [3.8, 4) is 5.75 Å². The van der Waals surface area contributed by atoms with E-state index in [4.69, 9.17) is 16.3 Å². The molecule has 0 aliphatic heterocycles. The maximum atomic E-state index is 12.8. The molecule has 0 spiro atoms. The fraction of sp³-hybridized carbons (Fsp3) is 0.227. The predicted molar refractivity (Wildman–Crippen MR) is 112 cm³/mol. The number of aryl methyl sites for hydroxylation is 1. The minimum absolute atomic E-state index is 0.0147. The molecule has 3 nitrogen and oxygen atoms in total.